The van der Waals surface area contributed by atoms with Gasteiger partial charge >= 0.3 is 0 Å². The number of benzene rings is 2. The van der Waals surface area contributed by atoms with Crippen LogP contribution in [0.25, 0.3) is 21.8 Å². The van der Waals surface area contributed by atoms with Crippen molar-refractivity contribution in [1.29, 1.82) is 0 Å². The zero-order valence-corrected chi connectivity index (χ0v) is 17.7. The molecule has 8 nitrogen and oxygen atoms in total. The Morgan fingerprint density at radius 2 is 2.07 bits per heavy atom. The minimum Gasteiger partial charge on any atom is -0.595 e. The molecular weight excluding hydrogens is 382 g/mol. The van der Waals surface area contributed by atoms with Crippen LogP contribution in [0.3, 0.4) is 0 Å². The molecule has 1 aliphatic rings. The van der Waals surface area contributed by atoms with Crippen molar-refractivity contribution in [3.05, 3.63) is 35.5 Å². The number of aromatic nitrogens is 1. The maximum absolute atomic E-state index is 11.9. The zero-order chi connectivity index (χ0) is 21.3. The first-order chi connectivity index (χ1) is 14.6. The van der Waals surface area contributed by atoms with E-state index in [4.69, 9.17) is 9.72 Å². The van der Waals surface area contributed by atoms with Gasteiger partial charge in [0.1, 0.15) is 11.3 Å². The molecule has 3 aromatic rings. The Kier molecular flexibility index (Phi) is 5.92. The summed E-state index contributed by atoms with van der Waals surface area (Å²) in [6.07, 6.45) is 0. The average molecular weight is 412 g/mol. The fraction of sp³-hybridized carbons (Fsp3) is 0.409. The van der Waals surface area contributed by atoms with E-state index in [1.54, 1.807) is 13.2 Å². The average Bonchev–Trinajstić information content (AvgIpc) is 2.95. The van der Waals surface area contributed by atoms with E-state index >= 15 is 0 Å². The third-order valence-electron chi connectivity index (χ3n) is 5.95. The van der Waals surface area contributed by atoms with Gasteiger partial charge < -0.3 is 25.1 Å². The van der Waals surface area contributed by atoms with Gasteiger partial charge in [-0.15, -0.1) is 0 Å². The van der Waals surface area contributed by atoms with Crippen molar-refractivity contribution in [2.75, 3.05) is 56.6 Å². The third-order valence-corrected chi connectivity index (χ3v) is 5.95. The van der Waals surface area contributed by atoms with Crippen molar-refractivity contribution in [1.82, 2.24) is 9.88 Å². The monoisotopic (exact) mass is 411 g/mol. The molecule has 0 amide bonds. The fourth-order valence-electron chi connectivity index (χ4n) is 4.23. The number of rotatable bonds is 7. The van der Waals surface area contributed by atoms with Gasteiger partial charge in [0.25, 0.3) is 0 Å². The Morgan fingerprint density at radius 3 is 2.77 bits per heavy atom. The number of likely N-dealkylation sites (N-methyl/N-ethyl adjacent to an activating group) is 1. The number of methoxy groups -OCH3 is 1. The van der Waals surface area contributed by atoms with Gasteiger partial charge in [-0.2, -0.15) is 5.23 Å². The lowest BCUT2D eigenvalue weighted by Crippen LogP contribution is -2.99. The van der Waals surface area contributed by atoms with Gasteiger partial charge in [0, 0.05) is 43.3 Å². The topological polar surface area (TPSA) is 88.4 Å². The molecule has 1 aliphatic heterocycles. The summed E-state index contributed by atoms with van der Waals surface area (Å²) >= 11 is 0. The molecule has 2 aromatic carbocycles. The number of nitrogens with one attached hydrogen (secondary N) is 2. The lowest BCUT2D eigenvalue weighted by molar-refractivity contribution is -0.990. The van der Waals surface area contributed by atoms with Gasteiger partial charge in [0.15, 0.2) is 5.69 Å². The zero-order valence-electron chi connectivity index (χ0n) is 17.7. The van der Waals surface area contributed by atoms with Crippen LogP contribution in [0.1, 0.15) is 13.8 Å². The van der Waals surface area contributed by atoms with Gasteiger partial charge in [-0.25, -0.2) is 10.2 Å². The van der Waals surface area contributed by atoms with Gasteiger partial charge in [-0.05, 0) is 37.4 Å². The Balaban J connectivity index is 1.93. The Labute approximate surface area is 176 Å². The quantitative estimate of drug-likeness (QED) is 0.406. The number of hydrogen-bond donors (Lipinski definition) is 3. The van der Waals surface area contributed by atoms with E-state index in [0.29, 0.717) is 5.52 Å². The maximum atomic E-state index is 11.9. The number of ether oxygens (including phenoxy) is 1. The van der Waals surface area contributed by atoms with Crippen LogP contribution in [0.5, 0.6) is 5.75 Å². The molecule has 0 spiro atoms. The molecule has 0 saturated heterocycles. The first-order valence-electron chi connectivity index (χ1n) is 10.5. The standard InChI is InChI=1S/C22H29N5O3/c1-4-25(5-2)12-13-26-11-10-23-21-16-14-15(30-3)6-7-17(16)24-22-19(27(28)29)9-8-18(26)20(21)22/h6-9,14,23,27-28H,4-5,10-13H2,1-3H3. The van der Waals surface area contributed by atoms with E-state index in [0.717, 1.165) is 72.7 Å². The summed E-state index contributed by atoms with van der Waals surface area (Å²) in [4.78, 5) is 9.50. The normalized spacial score (nSPS) is 14.8. The Bertz CT molecular complexity index is 1050. The highest BCUT2D eigenvalue weighted by molar-refractivity contribution is 6.15. The molecule has 0 fully saturated rings. The summed E-state index contributed by atoms with van der Waals surface area (Å²) < 4.78 is 5.42. The van der Waals surface area contributed by atoms with E-state index in [2.05, 4.69) is 29.0 Å². The molecule has 8 heteroatoms. The molecule has 3 N–H and O–H groups in total. The number of hydrogen-bond acceptors (Lipinski definition) is 7. The highest BCUT2D eigenvalue weighted by Gasteiger charge is 2.24. The van der Waals surface area contributed by atoms with Crippen molar-refractivity contribution in [2.45, 2.75) is 13.8 Å². The number of quaternary nitrogens is 1. The van der Waals surface area contributed by atoms with E-state index in [1.165, 1.54) is 0 Å². The van der Waals surface area contributed by atoms with Gasteiger partial charge in [0.05, 0.1) is 23.7 Å². The second-order valence-electron chi connectivity index (χ2n) is 7.47. The molecule has 1 aromatic heterocycles. The van der Waals surface area contributed by atoms with E-state index < -0.39 is 5.23 Å². The van der Waals surface area contributed by atoms with Crippen LogP contribution in [-0.2, 0) is 0 Å². The maximum Gasteiger partial charge on any atom is 0.190 e. The minimum absolute atomic E-state index is 0.222. The Morgan fingerprint density at radius 1 is 1.27 bits per heavy atom. The van der Waals surface area contributed by atoms with Crippen molar-refractivity contribution in [3.63, 3.8) is 0 Å². The smallest absolute Gasteiger partial charge is 0.190 e. The fourth-order valence-corrected chi connectivity index (χ4v) is 4.23. The summed E-state index contributed by atoms with van der Waals surface area (Å²) in [6.45, 7) is 9.80. The summed E-state index contributed by atoms with van der Waals surface area (Å²) in [5.41, 5.74) is 3.45. The molecule has 30 heavy (non-hydrogen) atoms. The van der Waals surface area contributed by atoms with Gasteiger partial charge in [-0.3, -0.25) is 0 Å². The molecule has 1 unspecified atom stereocenters. The van der Waals surface area contributed by atoms with Crippen molar-refractivity contribution < 1.29 is 15.2 Å². The summed E-state index contributed by atoms with van der Waals surface area (Å²) in [5.74, 6) is 0.750. The lowest BCUT2D eigenvalue weighted by Gasteiger charge is -2.28. The number of fused-ring (bicyclic) bond motifs is 2. The van der Waals surface area contributed by atoms with E-state index in [-0.39, 0.29) is 5.69 Å². The molecule has 0 radical (unpaired) electrons. The molecule has 0 saturated carbocycles. The minimum atomic E-state index is -0.966. The Hall–Kier alpha value is -2.65. The summed E-state index contributed by atoms with van der Waals surface area (Å²) in [5, 5.41) is 26.1. The van der Waals surface area contributed by atoms with Crippen molar-refractivity contribution >= 4 is 38.9 Å². The van der Waals surface area contributed by atoms with Gasteiger partial charge in [0.2, 0.25) is 0 Å². The van der Waals surface area contributed by atoms with Crippen LogP contribution in [0.2, 0.25) is 0 Å². The van der Waals surface area contributed by atoms with Gasteiger partial charge in [-0.1, -0.05) is 13.8 Å². The molecule has 2 heterocycles. The predicted molar refractivity (Wildman–Crippen MR) is 120 cm³/mol. The molecular formula is C22H29N5O3. The predicted octanol–water partition coefficient (Wildman–Crippen LogP) is 2.37. The SMILES string of the molecule is CCN(CC)CCN1CCNc2c3cc(OC)ccc3nc3c([NH+]([O-])O)ccc1c23. The van der Waals surface area contributed by atoms with Crippen LogP contribution < -0.4 is 20.2 Å². The van der Waals surface area contributed by atoms with E-state index in [9.17, 15) is 10.4 Å². The highest BCUT2D eigenvalue weighted by atomic mass is 16.8. The second-order valence-corrected chi connectivity index (χ2v) is 7.47. The molecule has 0 bridgehead atoms. The van der Waals surface area contributed by atoms with Crippen LogP contribution >= 0.6 is 0 Å². The molecule has 4 rings (SSSR count). The first kappa shape index (κ1) is 20.6. The van der Waals surface area contributed by atoms with Crippen LogP contribution in [0, 0.1) is 5.21 Å². The number of nitrogens with zero attached hydrogens (tertiary/aromatic N) is 3. The van der Waals surface area contributed by atoms with E-state index in [1.807, 2.05) is 24.3 Å². The van der Waals surface area contributed by atoms with Crippen LogP contribution in [0.15, 0.2) is 30.3 Å². The van der Waals surface area contributed by atoms with Crippen LogP contribution in [-0.4, -0.2) is 61.5 Å². The largest absolute Gasteiger partial charge is 0.595 e. The number of anilines is 2. The molecule has 1 atom stereocenters. The van der Waals surface area contributed by atoms with Crippen molar-refractivity contribution in [3.8, 4) is 5.75 Å². The summed E-state index contributed by atoms with van der Waals surface area (Å²) in [7, 11) is 1.64. The van der Waals surface area contributed by atoms with Crippen LogP contribution in [0.4, 0.5) is 17.1 Å². The third kappa shape index (κ3) is 3.63. The lowest BCUT2D eigenvalue weighted by atomic mass is 10.0. The highest BCUT2D eigenvalue weighted by Crippen LogP contribution is 2.41. The summed E-state index contributed by atoms with van der Waals surface area (Å²) in [6, 6.07) is 9.31. The molecule has 0 aliphatic carbocycles. The first-order valence-corrected chi connectivity index (χ1v) is 10.5. The number of pyridine rings is 1. The van der Waals surface area contributed by atoms with Crippen molar-refractivity contribution in [2.24, 2.45) is 0 Å². The second kappa shape index (κ2) is 8.61. The molecule has 160 valence electrons.